The van der Waals surface area contributed by atoms with E-state index in [0.717, 1.165) is 12.1 Å². The van der Waals surface area contributed by atoms with Gasteiger partial charge in [0.05, 0.1) is 0 Å². The van der Waals surface area contributed by atoms with Crippen LogP contribution in [0.25, 0.3) is 0 Å². The van der Waals surface area contributed by atoms with Crippen molar-refractivity contribution in [2.45, 2.75) is 18.7 Å². The summed E-state index contributed by atoms with van der Waals surface area (Å²) in [4.78, 5) is 13.2. The topological polar surface area (TPSA) is 20.3 Å². The molecule has 0 fully saturated rings. The van der Waals surface area contributed by atoms with Gasteiger partial charge < -0.3 is 4.90 Å². The fraction of sp³-hybridized carbons (Fsp3) is 0.417. The third kappa shape index (κ3) is 3.92. The molecule has 1 aromatic rings. The third-order valence-corrected chi connectivity index (χ3v) is 3.11. The second-order valence-electron chi connectivity index (χ2n) is 4.04. The van der Waals surface area contributed by atoms with Crippen molar-refractivity contribution in [3.8, 4) is 0 Å². The van der Waals surface area contributed by atoms with Crippen LogP contribution in [0, 0.1) is 11.6 Å². The van der Waals surface area contributed by atoms with E-state index in [1.165, 1.54) is 11.9 Å². The summed E-state index contributed by atoms with van der Waals surface area (Å²) in [6, 6.07) is 2.13. The molecule has 6 heteroatoms. The number of alkyl halides is 1. The van der Waals surface area contributed by atoms with Crippen LogP contribution in [0.15, 0.2) is 16.6 Å². The molecule has 1 aromatic carbocycles. The minimum atomic E-state index is -0.877. The van der Waals surface area contributed by atoms with Crippen LogP contribution >= 0.6 is 27.5 Å². The van der Waals surface area contributed by atoms with Gasteiger partial charge in [-0.2, -0.15) is 0 Å². The van der Waals surface area contributed by atoms with Gasteiger partial charge in [-0.3, -0.25) is 4.79 Å². The molecule has 0 bridgehead atoms. The number of carbonyl (C=O) groups excluding carboxylic acids is 1. The molecule has 1 unspecified atom stereocenters. The standard InChI is InChI=1S/C12H13BrClF2NO/c1-7(14)3-4-17(2)12(18)11-9(15)5-8(13)6-10(11)16/h5-7H,3-4H2,1-2H3. The van der Waals surface area contributed by atoms with Crippen molar-refractivity contribution in [1.82, 2.24) is 4.90 Å². The van der Waals surface area contributed by atoms with Crippen molar-refractivity contribution in [3.63, 3.8) is 0 Å². The predicted octanol–water partition coefficient (Wildman–Crippen LogP) is 3.82. The Kier molecular flexibility index (Phi) is 5.53. The highest BCUT2D eigenvalue weighted by atomic mass is 79.9. The first-order valence-electron chi connectivity index (χ1n) is 5.37. The molecule has 1 atom stereocenters. The van der Waals surface area contributed by atoms with Gasteiger partial charge >= 0.3 is 0 Å². The van der Waals surface area contributed by atoms with Gasteiger partial charge in [0, 0.05) is 23.4 Å². The van der Waals surface area contributed by atoms with Crippen LogP contribution in [-0.4, -0.2) is 29.8 Å². The molecular formula is C12H13BrClF2NO. The monoisotopic (exact) mass is 339 g/mol. The zero-order valence-electron chi connectivity index (χ0n) is 10.0. The van der Waals surface area contributed by atoms with Gasteiger partial charge in [-0.1, -0.05) is 15.9 Å². The molecule has 100 valence electrons. The second-order valence-corrected chi connectivity index (χ2v) is 5.70. The van der Waals surface area contributed by atoms with Gasteiger partial charge in [0.2, 0.25) is 0 Å². The molecule has 1 amide bonds. The van der Waals surface area contributed by atoms with Gasteiger partial charge in [0.15, 0.2) is 0 Å². The third-order valence-electron chi connectivity index (χ3n) is 2.43. The first-order valence-corrected chi connectivity index (χ1v) is 6.60. The van der Waals surface area contributed by atoms with Gasteiger partial charge in [0.1, 0.15) is 17.2 Å². The smallest absolute Gasteiger partial charge is 0.259 e. The maximum absolute atomic E-state index is 13.6. The summed E-state index contributed by atoms with van der Waals surface area (Å²) < 4.78 is 27.4. The molecule has 2 nitrogen and oxygen atoms in total. The average molecular weight is 341 g/mol. The van der Waals surface area contributed by atoms with Crippen molar-refractivity contribution in [1.29, 1.82) is 0 Å². The Morgan fingerprint density at radius 1 is 1.44 bits per heavy atom. The number of carbonyl (C=O) groups is 1. The SMILES string of the molecule is CC(Cl)CCN(C)C(=O)c1c(F)cc(Br)cc1F. The van der Waals surface area contributed by atoms with Crippen molar-refractivity contribution >= 4 is 33.4 Å². The van der Waals surface area contributed by atoms with Crippen LogP contribution in [-0.2, 0) is 0 Å². The van der Waals surface area contributed by atoms with E-state index < -0.39 is 23.1 Å². The quantitative estimate of drug-likeness (QED) is 0.763. The fourth-order valence-electron chi connectivity index (χ4n) is 1.41. The minimum Gasteiger partial charge on any atom is -0.341 e. The van der Waals surface area contributed by atoms with Crippen LogP contribution in [0.4, 0.5) is 8.78 Å². The number of hydrogen-bond donors (Lipinski definition) is 0. The lowest BCUT2D eigenvalue weighted by Gasteiger charge is -2.18. The van der Waals surface area contributed by atoms with Crippen LogP contribution in [0.5, 0.6) is 0 Å². The Bertz CT molecular complexity index is 431. The molecule has 0 aliphatic heterocycles. The van der Waals surface area contributed by atoms with E-state index in [-0.39, 0.29) is 9.85 Å². The van der Waals surface area contributed by atoms with Crippen LogP contribution in [0.1, 0.15) is 23.7 Å². The number of amides is 1. The molecule has 0 heterocycles. The number of benzene rings is 1. The maximum atomic E-state index is 13.6. The summed E-state index contributed by atoms with van der Waals surface area (Å²) in [5, 5.41) is -0.0974. The Labute approximate surface area is 118 Å². The molecular weight excluding hydrogens is 327 g/mol. The van der Waals surface area contributed by atoms with Gasteiger partial charge in [-0.05, 0) is 25.5 Å². The van der Waals surface area contributed by atoms with Crippen molar-refractivity contribution in [2.24, 2.45) is 0 Å². The Balaban J connectivity index is 2.90. The minimum absolute atomic E-state index is 0.0974. The molecule has 0 saturated heterocycles. The van der Waals surface area contributed by atoms with Crippen molar-refractivity contribution in [2.75, 3.05) is 13.6 Å². The van der Waals surface area contributed by atoms with E-state index in [0.29, 0.717) is 13.0 Å². The molecule has 0 aliphatic carbocycles. The van der Waals surface area contributed by atoms with E-state index in [2.05, 4.69) is 15.9 Å². The summed E-state index contributed by atoms with van der Waals surface area (Å²) in [6.07, 6.45) is 0.559. The van der Waals surface area contributed by atoms with E-state index in [1.807, 2.05) is 0 Å². The molecule has 0 aliphatic rings. The lowest BCUT2D eigenvalue weighted by atomic mass is 10.1. The molecule has 0 saturated carbocycles. The number of nitrogens with zero attached hydrogens (tertiary/aromatic N) is 1. The van der Waals surface area contributed by atoms with Crippen LogP contribution in [0.2, 0.25) is 0 Å². The predicted molar refractivity (Wildman–Crippen MR) is 71.0 cm³/mol. The summed E-state index contributed by atoms with van der Waals surface area (Å²) >= 11 is 8.72. The number of hydrogen-bond acceptors (Lipinski definition) is 1. The molecule has 0 radical (unpaired) electrons. The normalized spacial score (nSPS) is 12.3. The fourth-order valence-corrected chi connectivity index (χ4v) is 1.91. The summed E-state index contributed by atoms with van der Waals surface area (Å²) in [5.74, 6) is -2.44. The molecule has 1 rings (SSSR count). The Morgan fingerprint density at radius 3 is 2.39 bits per heavy atom. The largest absolute Gasteiger partial charge is 0.341 e. The van der Waals surface area contributed by atoms with E-state index in [1.54, 1.807) is 6.92 Å². The van der Waals surface area contributed by atoms with Crippen LogP contribution < -0.4 is 0 Å². The van der Waals surface area contributed by atoms with Gasteiger partial charge in [-0.25, -0.2) is 8.78 Å². The highest BCUT2D eigenvalue weighted by molar-refractivity contribution is 9.10. The van der Waals surface area contributed by atoms with E-state index >= 15 is 0 Å². The first kappa shape index (κ1) is 15.4. The average Bonchev–Trinajstić information content (AvgIpc) is 2.24. The molecule has 0 aromatic heterocycles. The van der Waals surface area contributed by atoms with E-state index in [4.69, 9.17) is 11.6 Å². The maximum Gasteiger partial charge on any atom is 0.259 e. The zero-order chi connectivity index (χ0) is 13.9. The number of halogens is 4. The van der Waals surface area contributed by atoms with E-state index in [9.17, 15) is 13.6 Å². The Morgan fingerprint density at radius 2 is 1.94 bits per heavy atom. The van der Waals surface area contributed by atoms with Crippen molar-refractivity contribution < 1.29 is 13.6 Å². The molecule has 18 heavy (non-hydrogen) atoms. The summed E-state index contributed by atoms with van der Waals surface area (Å²) in [5.41, 5.74) is -0.539. The molecule has 0 spiro atoms. The Hall–Kier alpha value is -0.680. The highest BCUT2D eigenvalue weighted by Gasteiger charge is 2.21. The first-order chi connectivity index (χ1) is 8.32. The summed E-state index contributed by atoms with van der Waals surface area (Å²) in [6.45, 7) is 2.14. The zero-order valence-corrected chi connectivity index (χ0v) is 12.4. The molecule has 0 N–H and O–H groups in total. The number of rotatable bonds is 4. The summed E-state index contributed by atoms with van der Waals surface area (Å²) in [7, 11) is 1.49. The lowest BCUT2D eigenvalue weighted by molar-refractivity contribution is 0.0784. The lowest BCUT2D eigenvalue weighted by Crippen LogP contribution is -2.30. The highest BCUT2D eigenvalue weighted by Crippen LogP contribution is 2.20. The van der Waals surface area contributed by atoms with Crippen molar-refractivity contribution in [3.05, 3.63) is 33.8 Å². The van der Waals surface area contributed by atoms with Gasteiger partial charge in [-0.15, -0.1) is 11.6 Å². The second kappa shape index (κ2) is 6.48. The van der Waals surface area contributed by atoms with Gasteiger partial charge in [0.25, 0.3) is 5.91 Å². The van der Waals surface area contributed by atoms with Crippen LogP contribution in [0.3, 0.4) is 0 Å².